The van der Waals surface area contributed by atoms with Crippen molar-refractivity contribution in [3.8, 4) is 0 Å². The highest BCUT2D eigenvalue weighted by molar-refractivity contribution is 5.82. The number of aliphatic hydroxyl groups is 1. The number of amides is 1. The smallest absolute Gasteiger partial charge is 0.463 e. The van der Waals surface area contributed by atoms with Crippen molar-refractivity contribution in [3.63, 3.8) is 0 Å². The Morgan fingerprint density at radius 2 is 1.52 bits per heavy atom. The summed E-state index contributed by atoms with van der Waals surface area (Å²) in [5.41, 5.74) is 0. The lowest BCUT2D eigenvalue weighted by Crippen LogP contribution is -2.67. The Balaban J connectivity index is 3.18. The van der Waals surface area contributed by atoms with E-state index < -0.39 is 67.2 Å². The van der Waals surface area contributed by atoms with Crippen LogP contribution in [0.25, 0.3) is 0 Å². The summed E-state index contributed by atoms with van der Waals surface area (Å²) >= 11 is 0. The van der Waals surface area contributed by atoms with Crippen LogP contribution in [0.3, 0.4) is 0 Å². The number of alkyl halides is 3. The van der Waals surface area contributed by atoms with Crippen LogP contribution in [0.2, 0.25) is 0 Å². The molecule has 27 heavy (non-hydrogen) atoms. The van der Waals surface area contributed by atoms with Crippen molar-refractivity contribution in [3.05, 3.63) is 0 Å². The summed E-state index contributed by atoms with van der Waals surface area (Å²) in [5, 5.41) is 11.4. The molecule has 154 valence electrons. The predicted octanol–water partition coefficient (Wildman–Crippen LogP) is -0.823. The number of carbonyl (C=O) groups excluding carboxylic acids is 4. The summed E-state index contributed by atoms with van der Waals surface area (Å²) in [6.45, 7) is 2.36. The maximum absolute atomic E-state index is 12.5. The van der Waals surface area contributed by atoms with E-state index in [2.05, 4.69) is 0 Å². The number of hydrogen-bond acceptors (Lipinski definition) is 9. The first-order chi connectivity index (χ1) is 12.3. The Morgan fingerprint density at radius 1 is 1.00 bits per heavy atom. The Bertz CT molecular complexity index is 595. The van der Waals surface area contributed by atoms with Crippen molar-refractivity contribution in [2.24, 2.45) is 0 Å². The molecular formula is C14H18F3NO9. The highest BCUT2D eigenvalue weighted by Gasteiger charge is 2.52. The van der Waals surface area contributed by atoms with Crippen molar-refractivity contribution in [2.75, 3.05) is 6.61 Å². The first-order valence-corrected chi connectivity index (χ1v) is 7.52. The summed E-state index contributed by atoms with van der Waals surface area (Å²) in [7, 11) is 0. The minimum Gasteiger partial charge on any atom is -0.463 e. The number of aliphatic hydroxyl groups excluding tert-OH is 1. The van der Waals surface area contributed by atoms with Gasteiger partial charge in [-0.1, -0.05) is 0 Å². The molecule has 13 heteroatoms. The third kappa shape index (κ3) is 6.67. The normalized spacial score (nSPS) is 28.0. The van der Waals surface area contributed by atoms with E-state index in [9.17, 15) is 37.5 Å². The van der Waals surface area contributed by atoms with Crippen molar-refractivity contribution in [2.45, 2.75) is 57.6 Å². The van der Waals surface area contributed by atoms with Gasteiger partial charge in [0, 0.05) is 20.8 Å². The first-order valence-electron chi connectivity index (χ1n) is 7.52. The van der Waals surface area contributed by atoms with Crippen LogP contribution in [0.5, 0.6) is 0 Å². The molecule has 1 unspecified atom stereocenters. The van der Waals surface area contributed by atoms with E-state index in [1.54, 1.807) is 0 Å². The van der Waals surface area contributed by atoms with Crippen LogP contribution in [0, 0.1) is 0 Å². The van der Waals surface area contributed by atoms with E-state index in [-0.39, 0.29) is 0 Å². The fraction of sp³-hybridized carbons (Fsp3) is 0.714. The molecule has 0 aromatic carbocycles. The standard InChI is InChI=1S/C14H18F3NO9/c1-5(19)24-4-8-10(25-6(2)20)11(26-7(3)21)9(12(22)27-8)18-13(23)14(15,16)17/h8-12,22H,4H2,1-3H3,(H,18,23)/t8?,9-,10-,11-,12+/m1/s1. The molecule has 0 radical (unpaired) electrons. The molecule has 0 spiro atoms. The lowest BCUT2D eigenvalue weighted by molar-refractivity contribution is -0.266. The number of halogens is 3. The summed E-state index contributed by atoms with van der Waals surface area (Å²) in [4.78, 5) is 44.9. The number of hydrogen-bond donors (Lipinski definition) is 2. The Morgan fingerprint density at radius 3 is 1.96 bits per heavy atom. The van der Waals surface area contributed by atoms with E-state index in [0.717, 1.165) is 20.8 Å². The van der Waals surface area contributed by atoms with Crippen molar-refractivity contribution in [1.82, 2.24) is 5.32 Å². The van der Waals surface area contributed by atoms with Crippen molar-refractivity contribution >= 4 is 23.8 Å². The first kappa shape index (κ1) is 22.6. The van der Waals surface area contributed by atoms with E-state index in [0.29, 0.717) is 0 Å². The second-order valence-corrected chi connectivity index (χ2v) is 5.51. The second-order valence-electron chi connectivity index (χ2n) is 5.51. The molecular weight excluding hydrogens is 383 g/mol. The molecule has 0 aliphatic carbocycles. The average Bonchev–Trinajstić information content (AvgIpc) is 2.49. The van der Waals surface area contributed by atoms with Gasteiger partial charge in [-0.2, -0.15) is 13.2 Å². The highest BCUT2D eigenvalue weighted by atomic mass is 19.4. The van der Waals surface area contributed by atoms with Crippen LogP contribution >= 0.6 is 0 Å². The van der Waals surface area contributed by atoms with Gasteiger partial charge in [-0.3, -0.25) is 19.2 Å². The predicted molar refractivity (Wildman–Crippen MR) is 76.6 cm³/mol. The van der Waals surface area contributed by atoms with E-state index in [1.807, 2.05) is 0 Å². The third-order valence-electron chi connectivity index (χ3n) is 3.28. The van der Waals surface area contributed by atoms with E-state index in [4.69, 9.17) is 18.9 Å². The lowest BCUT2D eigenvalue weighted by Gasteiger charge is -2.43. The fourth-order valence-corrected chi connectivity index (χ4v) is 2.31. The van der Waals surface area contributed by atoms with Crippen LogP contribution in [-0.4, -0.2) is 72.3 Å². The number of ether oxygens (including phenoxy) is 4. The van der Waals surface area contributed by atoms with Gasteiger partial charge < -0.3 is 29.4 Å². The highest BCUT2D eigenvalue weighted by Crippen LogP contribution is 2.27. The van der Waals surface area contributed by atoms with Crippen LogP contribution < -0.4 is 5.32 Å². The van der Waals surface area contributed by atoms with Gasteiger partial charge in [-0.25, -0.2) is 0 Å². The van der Waals surface area contributed by atoms with Gasteiger partial charge in [-0.15, -0.1) is 0 Å². The maximum Gasteiger partial charge on any atom is 0.471 e. The molecule has 0 aromatic heterocycles. The molecule has 1 heterocycles. The monoisotopic (exact) mass is 401 g/mol. The van der Waals surface area contributed by atoms with Crippen molar-refractivity contribution < 1.29 is 56.4 Å². The number of nitrogens with one attached hydrogen (secondary N) is 1. The Kier molecular flexibility index (Phi) is 7.54. The molecule has 1 aliphatic rings. The molecule has 0 saturated carbocycles. The molecule has 0 aromatic rings. The zero-order chi connectivity index (χ0) is 20.9. The quantitative estimate of drug-likeness (QED) is 0.447. The maximum atomic E-state index is 12.5. The second kappa shape index (κ2) is 8.99. The molecule has 10 nitrogen and oxygen atoms in total. The van der Waals surface area contributed by atoms with Crippen LogP contribution in [-0.2, 0) is 38.1 Å². The molecule has 1 amide bonds. The molecule has 2 N–H and O–H groups in total. The topological polar surface area (TPSA) is 137 Å². The number of esters is 3. The van der Waals surface area contributed by atoms with Gasteiger partial charge >= 0.3 is 30.0 Å². The third-order valence-corrected chi connectivity index (χ3v) is 3.28. The van der Waals surface area contributed by atoms with Crippen molar-refractivity contribution in [1.29, 1.82) is 0 Å². The van der Waals surface area contributed by atoms with Gasteiger partial charge in [0.2, 0.25) is 0 Å². The largest absolute Gasteiger partial charge is 0.471 e. The molecule has 0 bridgehead atoms. The van der Waals surface area contributed by atoms with E-state index >= 15 is 0 Å². The van der Waals surface area contributed by atoms with Gasteiger partial charge in [-0.05, 0) is 0 Å². The molecule has 1 aliphatic heterocycles. The van der Waals surface area contributed by atoms with Gasteiger partial charge in [0.05, 0.1) is 0 Å². The lowest BCUT2D eigenvalue weighted by atomic mass is 9.96. The number of carbonyl (C=O) groups is 4. The number of rotatable bonds is 5. The summed E-state index contributed by atoms with van der Waals surface area (Å²) in [5.74, 6) is -5.12. The Hall–Kier alpha value is -2.41. The summed E-state index contributed by atoms with van der Waals surface area (Å²) in [6, 6.07) is -1.92. The minimum atomic E-state index is -5.30. The van der Waals surface area contributed by atoms with Crippen LogP contribution in [0.1, 0.15) is 20.8 Å². The molecule has 1 saturated heterocycles. The van der Waals surface area contributed by atoms with Gasteiger partial charge in [0.15, 0.2) is 18.5 Å². The summed E-state index contributed by atoms with van der Waals surface area (Å²) < 4.78 is 57.1. The SMILES string of the molecule is CC(=O)OCC1O[C@H](O)[C@H](NC(=O)C(F)(F)F)[C@@H](OC(C)=O)[C@@H]1OC(C)=O. The molecule has 1 fully saturated rings. The average molecular weight is 401 g/mol. The van der Waals surface area contributed by atoms with Gasteiger partial charge in [0.1, 0.15) is 18.8 Å². The van der Waals surface area contributed by atoms with Crippen LogP contribution in [0.15, 0.2) is 0 Å². The zero-order valence-electron chi connectivity index (χ0n) is 14.4. The fourth-order valence-electron chi connectivity index (χ4n) is 2.31. The molecule has 5 atom stereocenters. The zero-order valence-corrected chi connectivity index (χ0v) is 14.4. The molecule has 1 rings (SSSR count). The van der Waals surface area contributed by atoms with Crippen LogP contribution in [0.4, 0.5) is 13.2 Å². The van der Waals surface area contributed by atoms with Gasteiger partial charge in [0.25, 0.3) is 0 Å². The Labute approximate surface area is 150 Å². The minimum absolute atomic E-state index is 0.567. The van der Waals surface area contributed by atoms with E-state index in [1.165, 1.54) is 5.32 Å². The summed E-state index contributed by atoms with van der Waals surface area (Å²) in [6.07, 6.45) is -12.1.